The maximum Gasteiger partial charge on any atom is 0.258 e. The molecule has 2 N–H and O–H groups in total. The molecule has 5 nitrogen and oxygen atoms in total. The molecule has 1 aromatic heterocycles. The fraction of sp³-hybridized carbons (Fsp3) is 0.591. The Morgan fingerprint density at radius 2 is 1.78 bits per heavy atom. The number of ether oxygens (including phenoxy) is 2. The molecule has 0 saturated carbocycles. The van der Waals surface area contributed by atoms with E-state index in [9.17, 15) is 4.79 Å². The quantitative estimate of drug-likeness (QED) is 0.658. The summed E-state index contributed by atoms with van der Waals surface area (Å²) in [6.07, 6.45) is 2.93. The lowest BCUT2D eigenvalue weighted by Crippen LogP contribution is -2.31. The van der Waals surface area contributed by atoms with Gasteiger partial charge in [0.25, 0.3) is 5.56 Å². The molecule has 0 aliphatic heterocycles. The van der Waals surface area contributed by atoms with Crippen molar-refractivity contribution in [1.82, 2.24) is 4.57 Å². The summed E-state index contributed by atoms with van der Waals surface area (Å²) in [7, 11) is 0. The second-order valence-electron chi connectivity index (χ2n) is 8.19. The molecule has 0 radical (unpaired) electrons. The van der Waals surface area contributed by atoms with Crippen molar-refractivity contribution in [3.8, 4) is 11.5 Å². The van der Waals surface area contributed by atoms with Crippen LogP contribution in [-0.2, 0) is 13.1 Å². The molecule has 2 aromatic rings. The maximum absolute atomic E-state index is 13.2. The van der Waals surface area contributed by atoms with Crippen LogP contribution < -0.4 is 20.8 Å². The van der Waals surface area contributed by atoms with E-state index in [1.54, 1.807) is 4.57 Å². The van der Waals surface area contributed by atoms with Gasteiger partial charge in [-0.05, 0) is 36.5 Å². The van der Waals surface area contributed by atoms with Crippen molar-refractivity contribution in [3.05, 3.63) is 34.2 Å². The summed E-state index contributed by atoms with van der Waals surface area (Å²) in [4.78, 5) is 13.2. The van der Waals surface area contributed by atoms with Gasteiger partial charge in [-0.25, -0.2) is 0 Å². The summed E-state index contributed by atoms with van der Waals surface area (Å²) in [5, 5.41) is 1.43. The summed E-state index contributed by atoms with van der Waals surface area (Å²) < 4.78 is 13.7. The van der Waals surface area contributed by atoms with E-state index in [4.69, 9.17) is 15.2 Å². The number of benzene rings is 1. The van der Waals surface area contributed by atoms with Crippen LogP contribution in [0.3, 0.4) is 0 Å². The number of nitrogens with zero attached hydrogens (tertiary/aromatic N) is 1. The molecule has 0 spiro atoms. The molecule has 0 aliphatic rings. The molecule has 0 amide bonds. The molecule has 27 heavy (non-hydrogen) atoms. The van der Waals surface area contributed by atoms with E-state index in [1.807, 2.05) is 18.2 Å². The topological polar surface area (TPSA) is 66.5 Å². The summed E-state index contributed by atoms with van der Waals surface area (Å²) in [5.41, 5.74) is 6.77. The van der Waals surface area contributed by atoms with E-state index in [0.29, 0.717) is 30.9 Å². The van der Waals surface area contributed by atoms with Gasteiger partial charge in [0.1, 0.15) is 11.5 Å². The van der Waals surface area contributed by atoms with Crippen LogP contribution in [0.15, 0.2) is 23.0 Å². The molecular formula is C22H34N2O3. The van der Waals surface area contributed by atoms with Crippen LogP contribution in [0.2, 0.25) is 0 Å². The van der Waals surface area contributed by atoms with Crippen LogP contribution in [0.25, 0.3) is 10.8 Å². The predicted octanol–water partition coefficient (Wildman–Crippen LogP) is 4.47. The largest absolute Gasteiger partial charge is 0.494 e. The number of rotatable bonds is 9. The van der Waals surface area contributed by atoms with Crippen molar-refractivity contribution in [2.45, 2.75) is 67.0 Å². The monoisotopic (exact) mass is 374 g/mol. The third-order valence-electron chi connectivity index (χ3n) is 4.34. The van der Waals surface area contributed by atoms with Crippen molar-refractivity contribution in [3.63, 3.8) is 0 Å². The van der Waals surface area contributed by atoms with Crippen molar-refractivity contribution in [2.75, 3.05) is 13.2 Å². The highest BCUT2D eigenvalue weighted by molar-refractivity contribution is 5.89. The second kappa shape index (κ2) is 9.27. The minimum absolute atomic E-state index is 0.0229. The summed E-state index contributed by atoms with van der Waals surface area (Å²) in [6, 6.07) is 5.61. The first-order chi connectivity index (χ1) is 12.8. The number of hydrogen-bond acceptors (Lipinski definition) is 4. The highest BCUT2D eigenvalue weighted by Gasteiger charge is 2.21. The van der Waals surface area contributed by atoms with Gasteiger partial charge >= 0.3 is 0 Å². The molecule has 150 valence electrons. The van der Waals surface area contributed by atoms with Crippen LogP contribution >= 0.6 is 0 Å². The highest BCUT2D eigenvalue weighted by Crippen LogP contribution is 2.32. The van der Waals surface area contributed by atoms with E-state index >= 15 is 0 Å². The lowest BCUT2D eigenvalue weighted by Gasteiger charge is -2.25. The minimum atomic E-state index is -0.0493. The highest BCUT2D eigenvalue weighted by atomic mass is 16.5. The number of pyridine rings is 1. The molecular weight excluding hydrogens is 340 g/mol. The van der Waals surface area contributed by atoms with E-state index in [0.717, 1.165) is 36.1 Å². The van der Waals surface area contributed by atoms with Crippen LogP contribution in [0, 0.1) is 5.41 Å². The standard InChI is InChI=1S/C22H34N2O3/c1-6-8-12-27-20-18-13-16(26-11-7-2)9-10-17(18)21(25)24(19(20)14-23)15-22(3,4)5/h9-10,13H,6-8,11-12,14-15,23H2,1-5H3. The maximum atomic E-state index is 13.2. The van der Waals surface area contributed by atoms with E-state index < -0.39 is 0 Å². The molecule has 0 bridgehead atoms. The molecule has 0 atom stereocenters. The van der Waals surface area contributed by atoms with Gasteiger partial charge in [0.15, 0.2) is 0 Å². The molecule has 0 saturated heterocycles. The van der Waals surface area contributed by atoms with Crippen molar-refractivity contribution >= 4 is 10.8 Å². The zero-order valence-corrected chi connectivity index (χ0v) is 17.4. The van der Waals surface area contributed by atoms with Crippen molar-refractivity contribution < 1.29 is 9.47 Å². The smallest absolute Gasteiger partial charge is 0.258 e. The van der Waals surface area contributed by atoms with E-state index in [-0.39, 0.29) is 17.5 Å². The zero-order chi connectivity index (χ0) is 20.0. The van der Waals surface area contributed by atoms with Gasteiger partial charge in [-0.1, -0.05) is 41.0 Å². The first-order valence-electron chi connectivity index (χ1n) is 9.97. The first-order valence-corrected chi connectivity index (χ1v) is 9.97. The summed E-state index contributed by atoms with van der Waals surface area (Å²) in [5.74, 6) is 1.47. The van der Waals surface area contributed by atoms with Gasteiger partial charge in [-0.3, -0.25) is 4.79 Å². The Labute approximate surface area is 162 Å². The number of fused-ring (bicyclic) bond motifs is 1. The minimum Gasteiger partial charge on any atom is -0.494 e. The van der Waals surface area contributed by atoms with Gasteiger partial charge < -0.3 is 19.8 Å². The Morgan fingerprint density at radius 1 is 1.04 bits per heavy atom. The third-order valence-corrected chi connectivity index (χ3v) is 4.34. The summed E-state index contributed by atoms with van der Waals surface area (Å²) in [6.45, 7) is 12.6. The Balaban J connectivity index is 2.69. The molecule has 1 heterocycles. The molecule has 2 rings (SSSR count). The van der Waals surface area contributed by atoms with E-state index in [1.165, 1.54) is 0 Å². The van der Waals surface area contributed by atoms with Crippen LogP contribution in [-0.4, -0.2) is 17.8 Å². The Hall–Kier alpha value is -2.01. The number of unbranched alkanes of at least 4 members (excludes halogenated alkanes) is 1. The molecule has 0 aliphatic carbocycles. The Kier molecular flexibility index (Phi) is 7.31. The first kappa shape index (κ1) is 21.3. The zero-order valence-electron chi connectivity index (χ0n) is 17.4. The average Bonchev–Trinajstić information content (AvgIpc) is 2.62. The number of nitrogens with two attached hydrogens (primary N) is 1. The van der Waals surface area contributed by atoms with Gasteiger partial charge in [-0.15, -0.1) is 0 Å². The van der Waals surface area contributed by atoms with E-state index in [2.05, 4.69) is 34.6 Å². The van der Waals surface area contributed by atoms with Gasteiger partial charge in [0.05, 0.1) is 24.3 Å². The molecule has 5 heteroatoms. The Bertz CT molecular complexity index is 819. The Morgan fingerprint density at radius 3 is 2.37 bits per heavy atom. The van der Waals surface area contributed by atoms with Crippen molar-refractivity contribution in [1.29, 1.82) is 0 Å². The van der Waals surface area contributed by atoms with Crippen LogP contribution in [0.4, 0.5) is 0 Å². The van der Waals surface area contributed by atoms with Gasteiger partial charge in [0, 0.05) is 18.5 Å². The second-order valence-corrected chi connectivity index (χ2v) is 8.19. The predicted molar refractivity (Wildman–Crippen MR) is 112 cm³/mol. The van der Waals surface area contributed by atoms with Crippen LogP contribution in [0.1, 0.15) is 59.6 Å². The fourth-order valence-corrected chi connectivity index (χ4v) is 3.08. The number of aromatic nitrogens is 1. The summed E-state index contributed by atoms with van der Waals surface area (Å²) >= 11 is 0. The molecule has 0 unspecified atom stereocenters. The van der Waals surface area contributed by atoms with Crippen molar-refractivity contribution in [2.24, 2.45) is 11.1 Å². The fourth-order valence-electron chi connectivity index (χ4n) is 3.08. The lowest BCUT2D eigenvalue weighted by atomic mass is 9.96. The van der Waals surface area contributed by atoms with Crippen LogP contribution in [0.5, 0.6) is 11.5 Å². The SMILES string of the molecule is CCCCOc1c(CN)n(CC(C)(C)C)c(=O)c2ccc(OCCC)cc12. The third kappa shape index (κ3) is 5.25. The number of hydrogen-bond donors (Lipinski definition) is 1. The normalized spacial score (nSPS) is 11.8. The van der Waals surface area contributed by atoms with Gasteiger partial charge in [-0.2, -0.15) is 0 Å². The van der Waals surface area contributed by atoms with Gasteiger partial charge in [0.2, 0.25) is 0 Å². The average molecular weight is 375 g/mol. The lowest BCUT2D eigenvalue weighted by molar-refractivity contribution is 0.294. The molecule has 1 aromatic carbocycles. The molecule has 0 fully saturated rings.